The Balaban J connectivity index is 2.81. The minimum Gasteiger partial charge on any atom is -0.494 e. The van der Waals surface area contributed by atoms with E-state index < -0.39 is 0 Å². The fraction of sp³-hybridized carbons (Fsp3) is 0.562. The maximum atomic E-state index is 12.4. The molecule has 0 aliphatic heterocycles. The smallest absolute Gasteiger partial charge is 0.251 e. The molecule has 20 heavy (non-hydrogen) atoms. The highest BCUT2D eigenvalue weighted by Crippen LogP contribution is 2.20. The van der Waals surface area contributed by atoms with Crippen LogP contribution in [-0.2, 0) is 0 Å². The molecular weight excluding hydrogens is 318 g/mol. The van der Waals surface area contributed by atoms with E-state index in [-0.39, 0.29) is 11.4 Å². The van der Waals surface area contributed by atoms with Crippen LogP contribution in [0.5, 0.6) is 5.75 Å². The van der Waals surface area contributed by atoms with Gasteiger partial charge in [-0.2, -0.15) is 0 Å². The van der Waals surface area contributed by atoms with Crippen molar-refractivity contribution in [2.45, 2.75) is 45.6 Å². The first-order valence-corrected chi connectivity index (χ1v) is 8.34. The lowest BCUT2D eigenvalue weighted by atomic mass is 9.95. The van der Waals surface area contributed by atoms with E-state index >= 15 is 0 Å². The van der Waals surface area contributed by atoms with E-state index in [2.05, 4.69) is 42.0 Å². The number of benzene rings is 1. The summed E-state index contributed by atoms with van der Waals surface area (Å²) in [5, 5.41) is 3.89. The summed E-state index contributed by atoms with van der Waals surface area (Å²) in [6.07, 6.45) is 2.74. The lowest BCUT2D eigenvalue weighted by Gasteiger charge is -2.31. The van der Waals surface area contributed by atoms with Crippen LogP contribution in [0.2, 0.25) is 0 Å². The fourth-order valence-corrected chi connectivity index (χ4v) is 2.84. The highest BCUT2D eigenvalue weighted by molar-refractivity contribution is 9.09. The van der Waals surface area contributed by atoms with Crippen molar-refractivity contribution in [2.24, 2.45) is 0 Å². The zero-order valence-electron chi connectivity index (χ0n) is 12.5. The summed E-state index contributed by atoms with van der Waals surface area (Å²) in [5.41, 5.74) is 0.461. The van der Waals surface area contributed by atoms with E-state index in [1.165, 1.54) is 0 Å². The molecule has 1 rings (SSSR count). The lowest BCUT2D eigenvalue weighted by molar-refractivity contribution is 0.0903. The van der Waals surface area contributed by atoms with Crippen molar-refractivity contribution in [2.75, 3.05) is 11.9 Å². The van der Waals surface area contributed by atoms with Gasteiger partial charge < -0.3 is 10.1 Å². The number of halogens is 1. The Hall–Kier alpha value is -1.03. The molecule has 1 aromatic carbocycles. The molecule has 0 aliphatic rings. The highest BCUT2D eigenvalue weighted by atomic mass is 79.9. The van der Waals surface area contributed by atoms with Crippen molar-refractivity contribution < 1.29 is 9.53 Å². The van der Waals surface area contributed by atoms with Gasteiger partial charge in [0.1, 0.15) is 5.75 Å². The molecule has 0 atom stereocenters. The third-order valence-corrected chi connectivity index (χ3v) is 4.63. The molecule has 0 aromatic heterocycles. The predicted molar refractivity (Wildman–Crippen MR) is 86.8 cm³/mol. The van der Waals surface area contributed by atoms with Gasteiger partial charge >= 0.3 is 0 Å². The highest BCUT2D eigenvalue weighted by Gasteiger charge is 2.27. The lowest BCUT2D eigenvalue weighted by Crippen LogP contribution is -2.49. The molecule has 4 heteroatoms. The number of amides is 1. The van der Waals surface area contributed by atoms with Crippen molar-refractivity contribution in [3.05, 3.63) is 29.8 Å². The minimum atomic E-state index is -0.183. The normalized spacial score (nSPS) is 11.2. The number of carbonyl (C=O) groups is 1. The second kappa shape index (κ2) is 8.30. The van der Waals surface area contributed by atoms with Crippen LogP contribution in [0.25, 0.3) is 0 Å². The average Bonchev–Trinajstić information content (AvgIpc) is 2.51. The van der Waals surface area contributed by atoms with E-state index in [0.717, 1.165) is 30.3 Å². The first kappa shape index (κ1) is 17.0. The van der Waals surface area contributed by atoms with Crippen molar-refractivity contribution in [3.63, 3.8) is 0 Å². The minimum absolute atomic E-state index is 0.0462. The quantitative estimate of drug-likeness (QED) is 0.721. The molecular formula is C16H24BrNO2. The zero-order chi connectivity index (χ0) is 15.0. The second-order valence-corrected chi connectivity index (χ2v) is 5.51. The molecule has 0 saturated heterocycles. The fourth-order valence-electron chi connectivity index (χ4n) is 1.91. The van der Waals surface area contributed by atoms with Crippen molar-refractivity contribution in [1.29, 1.82) is 0 Å². The molecule has 0 heterocycles. The van der Waals surface area contributed by atoms with Crippen LogP contribution < -0.4 is 10.1 Å². The largest absolute Gasteiger partial charge is 0.494 e. The zero-order valence-corrected chi connectivity index (χ0v) is 14.1. The predicted octanol–water partition coefficient (Wildman–Crippen LogP) is 4.16. The Bertz CT molecular complexity index is 422. The van der Waals surface area contributed by atoms with E-state index in [4.69, 9.17) is 4.74 Å². The summed E-state index contributed by atoms with van der Waals surface area (Å²) in [6, 6.07) is 7.35. The molecule has 0 saturated carbocycles. The summed E-state index contributed by atoms with van der Waals surface area (Å²) >= 11 is 3.50. The number of hydrogen-bond acceptors (Lipinski definition) is 2. The van der Waals surface area contributed by atoms with Gasteiger partial charge in [0, 0.05) is 16.4 Å². The van der Waals surface area contributed by atoms with Crippen LogP contribution in [0.3, 0.4) is 0 Å². The molecule has 0 bridgehead atoms. The van der Waals surface area contributed by atoms with Crippen LogP contribution in [0.4, 0.5) is 0 Å². The number of hydrogen-bond donors (Lipinski definition) is 1. The molecule has 112 valence electrons. The monoisotopic (exact) mass is 341 g/mol. The van der Waals surface area contributed by atoms with Gasteiger partial charge in [-0.15, -0.1) is 0 Å². The Kier molecular flexibility index (Phi) is 7.06. The third kappa shape index (κ3) is 4.51. The van der Waals surface area contributed by atoms with Crippen LogP contribution in [0.1, 0.15) is 50.4 Å². The van der Waals surface area contributed by atoms with Gasteiger partial charge in [0.05, 0.1) is 6.61 Å². The SMILES string of the molecule is CCCOc1cccc(C(=O)NC(CC)(CC)CBr)c1. The molecule has 0 radical (unpaired) electrons. The summed E-state index contributed by atoms with van der Waals surface area (Å²) in [6.45, 7) is 6.90. The van der Waals surface area contributed by atoms with Crippen LogP contribution >= 0.6 is 15.9 Å². The molecule has 1 N–H and O–H groups in total. The Morgan fingerprint density at radius 2 is 2.00 bits per heavy atom. The van der Waals surface area contributed by atoms with Gasteiger partial charge in [0.15, 0.2) is 0 Å². The topological polar surface area (TPSA) is 38.3 Å². The standard InChI is InChI=1S/C16H24BrNO2/c1-4-10-20-14-9-7-8-13(11-14)15(19)18-16(5-2,6-3)12-17/h7-9,11H,4-6,10,12H2,1-3H3,(H,18,19). The molecule has 3 nitrogen and oxygen atoms in total. The first-order valence-electron chi connectivity index (χ1n) is 7.22. The Morgan fingerprint density at radius 3 is 2.55 bits per heavy atom. The van der Waals surface area contributed by atoms with Gasteiger partial charge in [-0.25, -0.2) is 0 Å². The number of rotatable bonds is 8. The van der Waals surface area contributed by atoms with Gasteiger partial charge in [-0.05, 0) is 37.5 Å². The van der Waals surface area contributed by atoms with Crippen LogP contribution in [0, 0.1) is 0 Å². The number of nitrogens with one attached hydrogen (secondary N) is 1. The Labute approximate surface area is 130 Å². The number of carbonyl (C=O) groups excluding carboxylic acids is 1. The van der Waals surface area contributed by atoms with Gasteiger partial charge in [-0.3, -0.25) is 4.79 Å². The van der Waals surface area contributed by atoms with Crippen molar-refractivity contribution in [3.8, 4) is 5.75 Å². The van der Waals surface area contributed by atoms with Crippen LogP contribution in [-0.4, -0.2) is 23.4 Å². The van der Waals surface area contributed by atoms with Gasteiger partial charge in [0.2, 0.25) is 0 Å². The van der Waals surface area contributed by atoms with E-state index in [1.54, 1.807) is 6.07 Å². The Morgan fingerprint density at radius 1 is 1.30 bits per heavy atom. The summed E-state index contributed by atoms with van der Waals surface area (Å²) in [5.74, 6) is 0.701. The molecule has 1 amide bonds. The van der Waals surface area contributed by atoms with Gasteiger partial charge in [0.25, 0.3) is 5.91 Å². The number of ether oxygens (including phenoxy) is 1. The van der Waals surface area contributed by atoms with Gasteiger partial charge in [-0.1, -0.05) is 42.8 Å². The van der Waals surface area contributed by atoms with Crippen LogP contribution in [0.15, 0.2) is 24.3 Å². The molecule has 1 aromatic rings. The summed E-state index contributed by atoms with van der Waals surface area (Å²) in [7, 11) is 0. The van der Waals surface area contributed by atoms with E-state index in [0.29, 0.717) is 12.2 Å². The molecule has 0 aliphatic carbocycles. The second-order valence-electron chi connectivity index (χ2n) is 4.95. The number of alkyl halides is 1. The van der Waals surface area contributed by atoms with Crippen molar-refractivity contribution in [1.82, 2.24) is 5.32 Å². The van der Waals surface area contributed by atoms with E-state index in [9.17, 15) is 4.79 Å². The summed E-state index contributed by atoms with van der Waals surface area (Å²) in [4.78, 5) is 12.4. The first-order chi connectivity index (χ1) is 9.60. The molecule has 0 unspecified atom stereocenters. The van der Waals surface area contributed by atoms with E-state index in [1.807, 2.05) is 18.2 Å². The molecule has 0 fully saturated rings. The summed E-state index contributed by atoms with van der Waals surface area (Å²) < 4.78 is 5.57. The molecule has 0 spiro atoms. The maximum absolute atomic E-state index is 12.4. The van der Waals surface area contributed by atoms with Crippen molar-refractivity contribution >= 4 is 21.8 Å². The third-order valence-electron chi connectivity index (χ3n) is 3.56. The maximum Gasteiger partial charge on any atom is 0.251 e. The average molecular weight is 342 g/mol.